The van der Waals surface area contributed by atoms with Crippen LogP contribution in [0.15, 0.2) is 9.42 Å². The first-order valence-electron chi connectivity index (χ1n) is 9.99. The Balaban J connectivity index is 1.35. The number of rotatable bonds is 3. The van der Waals surface area contributed by atoms with Crippen LogP contribution >= 0.6 is 0 Å². The van der Waals surface area contributed by atoms with Crippen molar-refractivity contribution in [1.82, 2.24) is 25.0 Å². The van der Waals surface area contributed by atoms with Crippen molar-refractivity contribution >= 4 is 27.9 Å². The van der Waals surface area contributed by atoms with Gasteiger partial charge in [0.25, 0.3) is 5.91 Å². The van der Waals surface area contributed by atoms with Crippen LogP contribution in [-0.4, -0.2) is 72.3 Å². The Labute approximate surface area is 174 Å². The maximum absolute atomic E-state index is 12.9. The number of likely N-dealkylation sites (tertiary alicyclic amines) is 1. The molecule has 0 atom stereocenters. The number of carbonyl (C=O) groups excluding carboxylic acids is 3. The van der Waals surface area contributed by atoms with Crippen molar-refractivity contribution in [2.75, 3.05) is 26.2 Å². The van der Waals surface area contributed by atoms with Gasteiger partial charge >= 0.3 is 6.03 Å². The Morgan fingerprint density at radius 2 is 1.77 bits per heavy atom. The Hall–Kier alpha value is -2.47. The summed E-state index contributed by atoms with van der Waals surface area (Å²) in [7, 11) is -3.71. The number of nitrogens with zero attached hydrogens (tertiary/aromatic N) is 3. The Morgan fingerprint density at radius 1 is 1.13 bits per heavy atom. The van der Waals surface area contributed by atoms with E-state index in [9.17, 15) is 22.8 Å². The van der Waals surface area contributed by atoms with Gasteiger partial charge in [-0.2, -0.15) is 4.31 Å². The number of nitrogens with one attached hydrogen (secondary N) is 2. The van der Waals surface area contributed by atoms with Gasteiger partial charge in [-0.25, -0.2) is 13.2 Å². The lowest BCUT2D eigenvalue weighted by atomic mass is 9.86. The van der Waals surface area contributed by atoms with E-state index in [4.69, 9.17) is 4.52 Å². The molecule has 3 fully saturated rings. The average Bonchev–Trinajstić information content (AvgIpc) is 3.19. The number of imide groups is 1. The van der Waals surface area contributed by atoms with Crippen molar-refractivity contribution in [3.63, 3.8) is 0 Å². The van der Waals surface area contributed by atoms with Gasteiger partial charge < -0.3 is 14.7 Å². The number of sulfonamides is 1. The maximum atomic E-state index is 12.9. The lowest BCUT2D eigenvalue weighted by Crippen LogP contribution is -2.56. The van der Waals surface area contributed by atoms with Crippen molar-refractivity contribution in [3.05, 3.63) is 11.5 Å². The molecule has 0 radical (unpaired) electrons. The Bertz CT molecular complexity index is 967. The summed E-state index contributed by atoms with van der Waals surface area (Å²) in [6, 6.07) is -0.494. The van der Waals surface area contributed by atoms with E-state index >= 15 is 0 Å². The largest absolute Gasteiger partial charge is 0.360 e. The number of piperidine rings is 2. The molecule has 1 aromatic rings. The summed E-state index contributed by atoms with van der Waals surface area (Å²) in [5.74, 6) is -0.362. The molecule has 4 heterocycles. The van der Waals surface area contributed by atoms with Gasteiger partial charge in [-0.15, -0.1) is 0 Å². The number of hydrogen-bond acceptors (Lipinski definition) is 7. The molecule has 3 saturated heterocycles. The first-order chi connectivity index (χ1) is 14.1. The molecule has 0 bridgehead atoms. The number of hydrogen-bond donors (Lipinski definition) is 2. The van der Waals surface area contributed by atoms with Gasteiger partial charge in [0.05, 0.1) is 0 Å². The zero-order chi connectivity index (χ0) is 21.7. The summed E-state index contributed by atoms with van der Waals surface area (Å²) in [6.07, 6.45) is 1.60. The number of aryl methyl sites for hydroxylation is 2. The van der Waals surface area contributed by atoms with Crippen LogP contribution < -0.4 is 10.6 Å². The molecular weight excluding hydrogens is 414 g/mol. The van der Waals surface area contributed by atoms with Crippen molar-refractivity contribution in [1.29, 1.82) is 0 Å². The zero-order valence-electron chi connectivity index (χ0n) is 16.9. The maximum Gasteiger partial charge on any atom is 0.322 e. The third-order valence-corrected chi connectivity index (χ3v) is 8.46. The van der Waals surface area contributed by atoms with Crippen LogP contribution in [0.1, 0.15) is 37.1 Å². The van der Waals surface area contributed by atoms with Gasteiger partial charge in [-0.05, 0) is 39.5 Å². The third kappa shape index (κ3) is 3.37. The molecule has 30 heavy (non-hydrogen) atoms. The Kier molecular flexibility index (Phi) is 5.09. The van der Waals surface area contributed by atoms with Gasteiger partial charge in [0.15, 0.2) is 5.76 Å². The molecule has 4 rings (SSSR count). The van der Waals surface area contributed by atoms with E-state index in [0.29, 0.717) is 44.5 Å². The number of urea groups is 1. The molecule has 164 valence electrons. The minimum Gasteiger partial charge on any atom is -0.360 e. The van der Waals surface area contributed by atoms with Crippen LogP contribution in [0.5, 0.6) is 0 Å². The molecule has 0 aliphatic carbocycles. The highest BCUT2D eigenvalue weighted by Gasteiger charge is 2.49. The van der Waals surface area contributed by atoms with E-state index in [1.807, 2.05) is 0 Å². The molecule has 2 N–H and O–H groups in total. The highest BCUT2D eigenvalue weighted by molar-refractivity contribution is 7.89. The van der Waals surface area contributed by atoms with E-state index in [-0.39, 0.29) is 41.5 Å². The summed E-state index contributed by atoms with van der Waals surface area (Å²) < 4.78 is 32.2. The number of carbonyl (C=O) groups is 3. The number of amides is 4. The summed E-state index contributed by atoms with van der Waals surface area (Å²) in [5, 5.41) is 8.66. The smallest absolute Gasteiger partial charge is 0.322 e. The summed E-state index contributed by atoms with van der Waals surface area (Å²) >= 11 is 0. The monoisotopic (exact) mass is 439 g/mol. The minimum absolute atomic E-state index is 0.0241. The van der Waals surface area contributed by atoms with Crippen LogP contribution in [0.2, 0.25) is 0 Å². The average molecular weight is 439 g/mol. The molecule has 1 aromatic heterocycles. The van der Waals surface area contributed by atoms with Gasteiger partial charge in [-0.3, -0.25) is 14.9 Å². The van der Waals surface area contributed by atoms with E-state index in [1.54, 1.807) is 18.7 Å². The molecular formula is C18H25N5O6S. The molecule has 0 aromatic carbocycles. The molecule has 11 nitrogen and oxygen atoms in total. The summed E-state index contributed by atoms with van der Waals surface area (Å²) in [5.41, 5.74) is -0.587. The molecule has 3 aliphatic rings. The van der Waals surface area contributed by atoms with Gasteiger partial charge in [0.1, 0.15) is 16.1 Å². The van der Waals surface area contributed by atoms with Crippen molar-refractivity contribution < 1.29 is 27.3 Å². The van der Waals surface area contributed by atoms with Gasteiger partial charge in [0, 0.05) is 32.1 Å². The molecule has 4 amide bonds. The molecule has 12 heteroatoms. The van der Waals surface area contributed by atoms with Crippen LogP contribution in [0.25, 0.3) is 0 Å². The lowest BCUT2D eigenvalue weighted by molar-refractivity contribution is -0.140. The van der Waals surface area contributed by atoms with Gasteiger partial charge in [0.2, 0.25) is 15.9 Å². The quantitative estimate of drug-likeness (QED) is 0.626. The normalized spacial score (nSPS) is 22.9. The fourth-order valence-corrected chi connectivity index (χ4v) is 6.32. The predicted molar refractivity (Wildman–Crippen MR) is 103 cm³/mol. The fraction of sp³-hybridized carbons (Fsp3) is 0.667. The van der Waals surface area contributed by atoms with Crippen LogP contribution in [0, 0.1) is 19.8 Å². The minimum atomic E-state index is -3.71. The van der Waals surface area contributed by atoms with E-state index in [0.717, 1.165) is 0 Å². The van der Waals surface area contributed by atoms with E-state index in [1.165, 1.54) is 4.31 Å². The van der Waals surface area contributed by atoms with Crippen molar-refractivity contribution in [2.24, 2.45) is 5.92 Å². The fourth-order valence-electron chi connectivity index (χ4n) is 4.56. The lowest BCUT2D eigenvalue weighted by Gasteiger charge is -2.39. The standard InChI is InChI=1S/C18H25N5O6S/c1-11-14(12(2)29-21-11)30(27,28)23-7-3-13(4-8-23)15(24)22-9-5-18(6-10-22)16(25)19-17(26)20-18/h13H,3-10H2,1-2H3,(H2,19,20,25,26). The SMILES string of the molecule is Cc1noc(C)c1S(=O)(=O)N1CCC(C(=O)N2CCC3(CC2)NC(=O)NC3=O)CC1. The van der Waals surface area contributed by atoms with Crippen molar-refractivity contribution in [2.45, 2.75) is 50.0 Å². The van der Waals surface area contributed by atoms with Gasteiger partial charge in [-0.1, -0.05) is 5.16 Å². The van der Waals surface area contributed by atoms with Crippen molar-refractivity contribution in [3.8, 4) is 0 Å². The molecule has 0 unspecified atom stereocenters. The zero-order valence-corrected chi connectivity index (χ0v) is 17.8. The van der Waals surface area contributed by atoms with Crippen LogP contribution in [-0.2, 0) is 19.6 Å². The first kappa shape index (κ1) is 20.8. The summed E-state index contributed by atoms with van der Waals surface area (Å²) in [6.45, 7) is 4.42. The first-order valence-corrected chi connectivity index (χ1v) is 11.4. The topological polar surface area (TPSA) is 142 Å². The van der Waals surface area contributed by atoms with Crippen LogP contribution in [0.3, 0.4) is 0 Å². The number of aromatic nitrogens is 1. The second-order valence-electron chi connectivity index (χ2n) is 8.15. The Morgan fingerprint density at radius 3 is 2.27 bits per heavy atom. The van der Waals surface area contributed by atoms with Crippen LogP contribution in [0.4, 0.5) is 4.79 Å². The molecule has 1 spiro atoms. The second kappa shape index (κ2) is 7.34. The summed E-state index contributed by atoms with van der Waals surface area (Å²) in [4.78, 5) is 38.2. The predicted octanol–water partition coefficient (Wildman–Crippen LogP) is -0.107. The second-order valence-corrected chi connectivity index (χ2v) is 10.0. The molecule has 0 saturated carbocycles. The highest BCUT2D eigenvalue weighted by Crippen LogP contribution is 2.30. The third-order valence-electron chi connectivity index (χ3n) is 6.31. The highest BCUT2D eigenvalue weighted by atomic mass is 32.2. The van der Waals surface area contributed by atoms with E-state index < -0.39 is 21.6 Å². The van der Waals surface area contributed by atoms with E-state index in [2.05, 4.69) is 15.8 Å². The molecule has 3 aliphatic heterocycles.